The van der Waals surface area contributed by atoms with Gasteiger partial charge in [-0.3, -0.25) is 4.79 Å². The van der Waals surface area contributed by atoms with Crippen LogP contribution in [-0.2, 0) is 24.2 Å². The number of hydrogen-bond acceptors (Lipinski definition) is 4. The molecule has 2 aromatic heterocycles. The van der Waals surface area contributed by atoms with Gasteiger partial charge >= 0.3 is 11.9 Å². The lowest BCUT2D eigenvalue weighted by molar-refractivity contribution is -0.137. The van der Waals surface area contributed by atoms with E-state index >= 15 is 0 Å². The predicted molar refractivity (Wildman–Crippen MR) is 169 cm³/mol. The largest absolute Gasteiger partial charge is 0.416 e. The highest BCUT2D eigenvalue weighted by Crippen LogP contribution is 2.34. The molecule has 0 unspecified atom stereocenters. The monoisotopic (exact) mass is 660 g/mol. The molecule has 0 aliphatic heterocycles. The standard InChI is InChI=1S/C31H29Cl2F3N4O3Si/c1-44(2,3)17-16-43-19-38-30(42)40-28(37-38)26(21-6-12-24(32)13-7-21)27(22-8-14-25(33)15-9-22)29(41)39(40)18-20-4-10-23(11-5-20)31(34,35)36/h4-15H,16-19H2,1-3H3. The van der Waals surface area contributed by atoms with E-state index in [0.717, 1.165) is 27.4 Å². The summed E-state index contributed by atoms with van der Waals surface area (Å²) in [5, 5.41) is 5.57. The van der Waals surface area contributed by atoms with E-state index in [0.29, 0.717) is 38.9 Å². The predicted octanol–water partition coefficient (Wildman–Crippen LogP) is 7.68. The van der Waals surface area contributed by atoms with Crippen LogP contribution in [0.15, 0.2) is 82.4 Å². The molecule has 7 nitrogen and oxygen atoms in total. The smallest absolute Gasteiger partial charge is 0.359 e. The average molecular weight is 662 g/mol. The van der Waals surface area contributed by atoms with Crippen molar-refractivity contribution >= 4 is 36.9 Å². The fraction of sp³-hybridized carbons (Fsp3) is 0.258. The minimum Gasteiger partial charge on any atom is -0.359 e. The second-order valence-electron chi connectivity index (χ2n) is 11.6. The Hall–Kier alpha value is -3.64. The normalized spacial score (nSPS) is 12.3. The lowest BCUT2D eigenvalue weighted by Crippen LogP contribution is -2.35. The minimum atomic E-state index is -4.52. The number of halogens is 5. The van der Waals surface area contributed by atoms with Gasteiger partial charge in [0.15, 0.2) is 5.65 Å². The van der Waals surface area contributed by atoms with Crippen molar-refractivity contribution in [1.29, 1.82) is 0 Å². The summed E-state index contributed by atoms with van der Waals surface area (Å²) in [5.74, 6) is 0. The van der Waals surface area contributed by atoms with Crippen LogP contribution in [0.25, 0.3) is 27.9 Å². The van der Waals surface area contributed by atoms with Gasteiger partial charge in [0.25, 0.3) is 5.56 Å². The molecule has 230 valence electrons. The lowest BCUT2D eigenvalue weighted by atomic mass is 9.96. The molecular formula is C31H29Cl2F3N4O3Si. The lowest BCUT2D eigenvalue weighted by Gasteiger charge is -2.16. The molecule has 0 N–H and O–H groups in total. The highest BCUT2D eigenvalue weighted by molar-refractivity contribution is 6.76. The number of alkyl halides is 3. The Morgan fingerprint density at radius 2 is 1.36 bits per heavy atom. The van der Waals surface area contributed by atoms with Gasteiger partial charge in [-0.25, -0.2) is 9.48 Å². The van der Waals surface area contributed by atoms with E-state index in [2.05, 4.69) is 24.7 Å². The summed E-state index contributed by atoms with van der Waals surface area (Å²) in [4.78, 5) is 28.2. The van der Waals surface area contributed by atoms with Crippen LogP contribution in [-0.4, -0.2) is 33.7 Å². The van der Waals surface area contributed by atoms with Crippen molar-refractivity contribution in [3.05, 3.63) is 115 Å². The molecule has 0 amide bonds. The molecule has 0 saturated carbocycles. The number of ether oxygens (including phenoxy) is 1. The zero-order chi connectivity index (χ0) is 31.8. The highest BCUT2D eigenvalue weighted by atomic mass is 35.5. The molecule has 0 bridgehead atoms. The minimum absolute atomic E-state index is 0.143. The summed E-state index contributed by atoms with van der Waals surface area (Å²) in [6, 6.07) is 18.8. The zero-order valence-corrected chi connectivity index (χ0v) is 26.7. The van der Waals surface area contributed by atoms with E-state index in [1.54, 1.807) is 48.5 Å². The van der Waals surface area contributed by atoms with Gasteiger partial charge in [0.1, 0.15) is 6.73 Å². The molecule has 0 radical (unpaired) electrons. The maximum absolute atomic E-state index is 14.4. The van der Waals surface area contributed by atoms with E-state index in [-0.39, 0.29) is 24.5 Å². The first-order chi connectivity index (χ1) is 20.7. The van der Waals surface area contributed by atoms with Gasteiger partial charge in [-0.1, -0.05) is 79.2 Å². The van der Waals surface area contributed by atoms with Crippen LogP contribution in [0.3, 0.4) is 0 Å². The summed E-state index contributed by atoms with van der Waals surface area (Å²) in [6.07, 6.45) is -4.52. The Bertz CT molecular complexity index is 1910. The van der Waals surface area contributed by atoms with Crippen LogP contribution in [0.1, 0.15) is 11.1 Å². The third-order valence-corrected chi connectivity index (χ3v) is 9.28. The Labute approximate surface area is 262 Å². The second-order valence-corrected chi connectivity index (χ2v) is 18.1. The molecular weight excluding hydrogens is 632 g/mol. The molecule has 13 heteroatoms. The van der Waals surface area contributed by atoms with Crippen LogP contribution < -0.4 is 11.2 Å². The number of aromatic nitrogens is 4. The molecule has 2 heterocycles. The zero-order valence-electron chi connectivity index (χ0n) is 24.2. The molecule has 0 spiro atoms. The van der Waals surface area contributed by atoms with Crippen LogP contribution in [0.5, 0.6) is 0 Å². The van der Waals surface area contributed by atoms with Crippen molar-refractivity contribution in [3.8, 4) is 22.3 Å². The molecule has 44 heavy (non-hydrogen) atoms. The molecule has 0 aliphatic carbocycles. The van der Waals surface area contributed by atoms with Crippen molar-refractivity contribution in [1.82, 2.24) is 19.0 Å². The molecule has 0 atom stereocenters. The fourth-order valence-electron chi connectivity index (χ4n) is 4.71. The Balaban J connectivity index is 1.76. The topological polar surface area (TPSA) is 70.5 Å². The van der Waals surface area contributed by atoms with Crippen molar-refractivity contribution in [2.75, 3.05) is 6.61 Å². The van der Waals surface area contributed by atoms with Gasteiger partial charge in [-0.15, -0.1) is 5.10 Å². The van der Waals surface area contributed by atoms with Crippen molar-refractivity contribution < 1.29 is 17.9 Å². The summed E-state index contributed by atoms with van der Waals surface area (Å²) in [7, 11) is -1.40. The Kier molecular flexibility index (Phi) is 8.95. The molecule has 3 aromatic carbocycles. The van der Waals surface area contributed by atoms with E-state index in [1.165, 1.54) is 16.8 Å². The number of rotatable bonds is 9. The Morgan fingerprint density at radius 1 is 0.818 bits per heavy atom. The van der Waals surface area contributed by atoms with Gasteiger partial charge in [0.05, 0.1) is 17.7 Å². The van der Waals surface area contributed by atoms with Crippen molar-refractivity contribution in [2.45, 2.75) is 45.1 Å². The summed E-state index contributed by atoms with van der Waals surface area (Å²) < 4.78 is 49.0. The molecule has 0 fully saturated rings. The number of fused-ring (bicyclic) bond motifs is 1. The number of nitrogens with zero attached hydrogens (tertiary/aromatic N) is 4. The van der Waals surface area contributed by atoms with Crippen molar-refractivity contribution in [2.24, 2.45) is 0 Å². The van der Waals surface area contributed by atoms with Gasteiger partial charge < -0.3 is 4.74 Å². The van der Waals surface area contributed by atoms with E-state index in [4.69, 9.17) is 27.9 Å². The second kappa shape index (κ2) is 12.4. The maximum atomic E-state index is 14.4. The van der Waals surface area contributed by atoms with Crippen LogP contribution in [0, 0.1) is 0 Å². The average Bonchev–Trinajstić information content (AvgIpc) is 3.28. The fourth-order valence-corrected chi connectivity index (χ4v) is 5.72. The maximum Gasteiger partial charge on any atom is 0.416 e. The van der Waals surface area contributed by atoms with Gasteiger partial charge in [-0.05, 0) is 59.1 Å². The van der Waals surface area contributed by atoms with Crippen LogP contribution in [0.2, 0.25) is 35.7 Å². The van der Waals surface area contributed by atoms with Crippen molar-refractivity contribution in [3.63, 3.8) is 0 Å². The SMILES string of the molecule is C[Si](C)(C)CCOCn1nc2c(-c3ccc(Cl)cc3)c(-c3ccc(Cl)cc3)c(=O)n(Cc3ccc(C(F)(F)F)cc3)n2c1=O. The Morgan fingerprint density at radius 3 is 1.89 bits per heavy atom. The van der Waals surface area contributed by atoms with Gasteiger partial charge in [0, 0.05) is 30.3 Å². The van der Waals surface area contributed by atoms with Crippen LogP contribution in [0.4, 0.5) is 13.2 Å². The molecule has 5 rings (SSSR count). The first kappa shape index (κ1) is 31.8. The van der Waals surface area contributed by atoms with E-state index < -0.39 is 31.1 Å². The van der Waals surface area contributed by atoms with Crippen LogP contribution >= 0.6 is 23.2 Å². The molecule has 0 aliphatic rings. The van der Waals surface area contributed by atoms with E-state index in [1.807, 2.05) is 0 Å². The third kappa shape index (κ3) is 6.86. The van der Waals surface area contributed by atoms with Gasteiger partial charge in [-0.2, -0.15) is 22.4 Å². The number of hydrogen-bond donors (Lipinski definition) is 0. The van der Waals surface area contributed by atoms with Gasteiger partial charge in [0.2, 0.25) is 0 Å². The quantitative estimate of drug-likeness (QED) is 0.120. The first-order valence-corrected chi connectivity index (χ1v) is 18.2. The molecule has 5 aromatic rings. The molecule has 0 saturated heterocycles. The third-order valence-electron chi connectivity index (χ3n) is 7.07. The van der Waals surface area contributed by atoms with E-state index in [9.17, 15) is 22.8 Å². The highest BCUT2D eigenvalue weighted by Gasteiger charge is 2.30. The summed E-state index contributed by atoms with van der Waals surface area (Å²) in [6.45, 7) is 6.74. The summed E-state index contributed by atoms with van der Waals surface area (Å²) >= 11 is 12.3. The number of benzene rings is 3. The summed E-state index contributed by atoms with van der Waals surface area (Å²) in [5.41, 5.74) is 0.272. The first-order valence-electron chi connectivity index (χ1n) is 13.8.